The van der Waals surface area contributed by atoms with Gasteiger partial charge in [0.2, 0.25) is 0 Å². The number of thiophene rings is 1. The lowest BCUT2D eigenvalue weighted by atomic mass is 9.99. The second-order valence-corrected chi connectivity index (χ2v) is 6.73. The van der Waals surface area contributed by atoms with Crippen LogP contribution in [-0.4, -0.2) is 56.0 Å². The summed E-state index contributed by atoms with van der Waals surface area (Å²) in [6.45, 7) is 7.30. The van der Waals surface area contributed by atoms with Gasteiger partial charge in [-0.2, -0.15) is 11.3 Å². The zero-order chi connectivity index (χ0) is 15.1. The molecule has 1 unspecified atom stereocenters. The first-order valence-electron chi connectivity index (χ1n) is 7.88. The Labute approximate surface area is 156 Å². The highest BCUT2D eigenvalue weighted by Gasteiger charge is 2.17. The monoisotopic (exact) mass is 436 g/mol. The van der Waals surface area contributed by atoms with Crippen LogP contribution in [0, 0.1) is 5.92 Å². The predicted octanol–water partition coefficient (Wildman–Crippen LogP) is 3.11. The van der Waals surface area contributed by atoms with Gasteiger partial charge in [0.15, 0.2) is 5.96 Å². The van der Waals surface area contributed by atoms with Crippen molar-refractivity contribution in [2.24, 2.45) is 10.9 Å². The Morgan fingerprint density at radius 1 is 1.55 bits per heavy atom. The van der Waals surface area contributed by atoms with Crippen molar-refractivity contribution in [3.63, 3.8) is 0 Å². The molecule has 1 fully saturated rings. The molecule has 0 saturated carbocycles. The standard InChI is InChI=1S/C16H28N4S.HI/c1-4-17-16(20(3)12-15-7-9-21-13-15)18-10-14-6-5-8-19(2)11-14;/h7,9,13-14H,4-6,8,10-12H2,1-3H3,(H,17,18);1H. The molecular formula is C16H29IN4S. The Hall–Kier alpha value is -0.340. The molecule has 4 nitrogen and oxygen atoms in total. The lowest BCUT2D eigenvalue weighted by Crippen LogP contribution is -2.39. The first kappa shape index (κ1) is 19.7. The lowest BCUT2D eigenvalue weighted by molar-refractivity contribution is 0.214. The topological polar surface area (TPSA) is 30.9 Å². The molecule has 0 amide bonds. The van der Waals surface area contributed by atoms with E-state index in [1.807, 2.05) is 0 Å². The van der Waals surface area contributed by atoms with Crippen molar-refractivity contribution in [3.8, 4) is 0 Å². The molecule has 0 radical (unpaired) electrons. The van der Waals surface area contributed by atoms with Gasteiger partial charge >= 0.3 is 0 Å². The minimum absolute atomic E-state index is 0. The van der Waals surface area contributed by atoms with E-state index in [1.165, 1.54) is 31.5 Å². The molecular weight excluding hydrogens is 407 g/mol. The Bertz CT molecular complexity index is 435. The molecule has 1 aliphatic heterocycles. The van der Waals surface area contributed by atoms with Gasteiger partial charge in [-0.3, -0.25) is 4.99 Å². The Morgan fingerprint density at radius 3 is 3.00 bits per heavy atom. The van der Waals surface area contributed by atoms with Crippen LogP contribution in [0.25, 0.3) is 0 Å². The molecule has 1 saturated heterocycles. The summed E-state index contributed by atoms with van der Waals surface area (Å²) in [7, 11) is 4.33. The molecule has 1 aromatic heterocycles. The van der Waals surface area contributed by atoms with Gasteiger partial charge in [-0.15, -0.1) is 24.0 Å². The molecule has 0 spiro atoms. The Morgan fingerprint density at radius 2 is 2.36 bits per heavy atom. The molecule has 0 bridgehead atoms. The first-order chi connectivity index (χ1) is 10.2. The highest BCUT2D eigenvalue weighted by Crippen LogP contribution is 2.15. The first-order valence-corrected chi connectivity index (χ1v) is 8.82. The van der Waals surface area contributed by atoms with Crippen molar-refractivity contribution in [2.75, 3.05) is 40.3 Å². The predicted molar refractivity (Wildman–Crippen MR) is 107 cm³/mol. The van der Waals surface area contributed by atoms with Crippen LogP contribution in [-0.2, 0) is 6.54 Å². The molecule has 2 rings (SSSR count). The summed E-state index contributed by atoms with van der Waals surface area (Å²) in [5, 5.41) is 7.75. The number of hydrogen-bond donors (Lipinski definition) is 1. The largest absolute Gasteiger partial charge is 0.357 e. The van der Waals surface area contributed by atoms with Gasteiger partial charge < -0.3 is 15.1 Å². The molecule has 1 N–H and O–H groups in total. The summed E-state index contributed by atoms with van der Waals surface area (Å²) in [6, 6.07) is 2.18. The van der Waals surface area contributed by atoms with Crippen LogP contribution in [0.2, 0.25) is 0 Å². The zero-order valence-corrected chi connectivity index (χ0v) is 17.1. The number of likely N-dealkylation sites (tertiary alicyclic amines) is 1. The maximum Gasteiger partial charge on any atom is 0.193 e. The number of guanidine groups is 1. The average molecular weight is 436 g/mol. The van der Waals surface area contributed by atoms with Gasteiger partial charge in [-0.1, -0.05) is 0 Å². The van der Waals surface area contributed by atoms with Crippen molar-refractivity contribution in [1.82, 2.24) is 15.1 Å². The molecule has 0 aliphatic carbocycles. The van der Waals surface area contributed by atoms with Crippen molar-refractivity contribution in [3.05, 3.63) is 22.4 Å². The summed E-state index contributed by atoms with van der Waals surface area (Å²) in [5.41, 5.74) is 1.35. The molecule has 22 heavy (non-hydrogen) atoms. The molecule has 1 atom stereocenters. The SMILES string of the molecule is CCNC(=NCC1CCCN(C)C1)N(C)Cc1ccsc1.I. The number of nitrogens with zero attached hydrogens (tertiary/aromatic N) is 3. The third-order valence-corrected chi connectivity index (χ3v) is 4.65. The van der Waals surface area contributed by atoms with Gasteiger partial charge in [0.25, 0.3) is 0 Å². The van der Waals surface area contributed by atoms with Crippen molar-refractivity contribution in [2.45, 2.75) is 26.3 Å². The molecule has 2 heterocycles. The minimum atomic E-state index is 0. The molecule has 126 valence electrons. The summed E-state index contributed by atoms with van der Waals surface area (Å²) < 4.78 is 0. The zero-order valence-electron chi connectivity index (χ0n) is 13.9. The summed E-state index contributed by atoms with van der Waals surface area (Å²) in [4.78, 5) is 9.50. The van der Waals surface area contributed by atoms with Crippen molar-refractivity contribution in [1.29, 1.82) is 0 Å². The number of halogens is 1. The van der Waals surface area contributed by atoms with Crippen molar-refractivity contribution >= 4 is 41.3 Å². The molecule has 6 heteroatoms. The van der Waals surface area contributed by atoms with E-state index in [9.17, 15) is 0 Å². The van der Waals surface area contributed by atoms with Crippen molar-refractivity contribution < 1.29 is 0 Å². The third kappa shape index (κ3) is 6.42. The number of piperidine rings is 1. The van der Waals surface area contributed by atoms with E-state index in [1.54, 1.807) is 11.3 Å². The van der Waals surface area contributed by atoms with Crippen LogP contribution in [0.1, 0.15) is 25.3 Å². The van der Waals surface area contributed by atoms with E-state index in [0.29, 0.717) is 5.92 Å². The number of hydrogen-bond acceptors (Lipinski definition) is 3. The fourth-order valence-electron chi connectivity index (χ4n) is 2.84. The number of aliphatic imine (C=N–C) groups is 1. The van der Waals surface area contributed by atoms with Crippen LogP contribution < -0.4 is 5.32 Å². The third-order valence-electron chi connectivity index (χ3n) is 3.92. The second kappa shape index (κ2) is 10.4. The van der Waals surface area contributed by atoms with Crippen LogP contribution in [0.5, 0.6) is 0 Å². The number of rotatable bonds is 5. The Balaban J connectivity index is 0.00000242. The van der Waals surface area contributed by atoms with E-state index in [-0.39, 0.29) is 24.0 Å². The molecule has 1 aliphatic rings. The highest BCUT2D eigenvalue weighted by molar-refractivity contribution is 14.0. The van der Waals surface area contributed by atoms with Gasteiger partial charge in [0.05, 0.1) is 0 Å². The lowest BCUT2D eigenvalue weighted by Gasteiger charge is -2.29. The van der Waals surface area contributed by atoms with E-state index >= 15 is 0 Å². The summed E-state index contributed by atoms with van der Waals surface area (Å²) in [5.74, 6) is 1.73. The quantitative estimate of drug-likeness (QED) is 0.437. The molecule has 0 aromatic carbocycles. The van der Waals surface area contributed by atoms with Crippen LogP contribution in [0.15, 0.2) is 21.8 Å². The maximum absolute atomic E-state index is 4.86. The minimum Gasteiger partial charge on any atom is -0.357 e. The Kier molecular flexibility index (Phi) is 9.35. The van der Waals surface area contributed by atoms with Gasteiger partial charge in [0, 0.05) is 33.2 Å². The fourth-order valence-corrected chi connectivity index (χ4v) is 3.50. The maximum atomic E-state index is 4.86. The van der Waals surface area contributed by atoms with E-state index in [0.717, 1.165) is 25.6 Å². The van der Waals surface area contributed by atoms with Gasteiger partial charge in [-0.05, 0) is 61.7 Å². The smallest absolute Gasteiger partial charge is 0.193 e. The van der Waals surface area contributed by atoms with Crippen LogP contribution in [0.3, 0.4) is 0 Å². The van der Waals surface area contributed by atoms with Gasteiger partial charge in [0.1, 0.15) is 0 Å². The average Bonchev–Trinajstić information content (AvgIpc) is 2.96. The van der Waals surface area contributed by atoms with Crippen LogP contribution in [0.4, 0.5) is 0 Å². The fraction of sp³-hybridized carbons (Fsp3) is 0.688. The van der Waals surface area contributed by atoms with Crippen LogP contribution >= 0.6 is 35.3 Å². The highest BCUT2D eigenvalue weighted by atomic mass is 127. The normalized spacial score (nSPS) is 19.6. The second-order valence-electron chi connectivity index (χ2n) is 5.95. The summed E-state index contributed by atoms with van der Waals surface area (Å²) in [6.07, 6.45) is 2.61. The van der Waals surface area contributed by atoms with Gasteiger partial charge in [-0.25, -0.2) is 0 Å². The van der Waals surface area contributed by atoms with E-state index < -0.39 is 0 Å². The summed E-state index contributed by atoms with van der Waals surface area (Å²) >= 11 is 1.75. The number of nitrogens with one attached hydrogen (secondary N) is 1. The van der Waals surface area contributed by atoms with E-state index in [2.05, 4.69) is 53.0 Å². The molecule has 1 aromatic rings. The van der Waals surface area contributed by atoms with E-state index in [4.69, 9.17) is 4.99 Å².